The maximum atomic E-state index is 11.4. The number of esters is 1. The Kier molecular flexibility index (Phi) is 14.6. The average Bonchev–Trinajstić information content (AvgIpc) is 2.63. The minimum absolute atomic E-state index is 0.115. The van der Waals surface area contributed by atoms with Crippen molar-refractivity contribution >= 4 is 5.97 Å². The Morgan fingerprint density at radius 2 is 1.72 bits per heavy atom. The fourth-order valence-corrected chi connectivity index (χ4v) is 2.02. The predicted molar refractivity (Wildman–Crippen MR) is 117 cm³/mol. The molecule has 0 rings (SSSR count). The lowest BCUT2D eigenvalue weighted by atomic mass is 10.0. The third kappa shape index (κ3) is 17.7. The van der Waals surface area contributed by atoms with Crippen LogP contribution in [0.1, 0.15) is 59.8 Å². The lowest BCUT2D eigenvalue weighted by Crippen LogP contribution is -2.18. The van der Waals surface area contributed by atoms with E-state index in [1.807, 2.05) is 6.92 Å². The number of allylic oxidation sites excluding steroid dienone is 5. The Morgan fingerprint density at radius 3 is 2.31 bits per heavy atom. The van der Waals surface area contributed by atoms with E-state index in [0.717, 1.165) is 0 Å². The van der Waals surface area contributed by atoms with Crippen LogP contribution in [0, 0.1) is 11.8 Å². The molecule has 0 aromatic rings. The van der Waals surface area contributed by atoms with Gasteiger partial charge in [-0.1, -0.05) is 55.2 Å². The first kappa shape index (κ1) is 26.9. The molecule has 0 saturated heterocycles. The first-order valence-electron chi connectivity index (χ1n) is 10.1. The fourth-order valence-electron chi connectivity index (χ4n) is 2.02. The summed E-state index contributed by atoms with van der Waals surface area (Å²) in [5.74, 6) is 5.38. The van der Waals surface area contributed by atoms with Gasteiger partial charge >= 0.3 is 5.97 Å². The van der Waals surface area contributed by atoms with Gasteiger partial charge in [-0.05, 0) is 52.2 Å². The number of carbonyl (C=O) groups excluding carboxylic acids is 1. The first-order chi connectivity index (χ1) is 13.7. The Hall–Kier alpha value is -2.13. The molecule has 0 saturated carbocycles. The third-order valence-electron chi connectivity index (χ3n) is 3.90. The first-order valence-corrected chi connectivity index (χ1v) is 10.1. The van der Waals surface area contributed by atoms with Gasteiger partial charge in [0.2, 0.25) is 0 Å². The number of hydrogen-bond donors (Lipinski definition) is 3. The van der Waals surface area contributed by atoms with Gasteiger partial charge in [-0.25, -0.2) is 0 Å². The second kappa shape index (κ2) is 15.8. The van der Waals surface area contributed by atoms with Crippen LogP contribution in [0.3, 0.4) is 0 Å². The van der Waals surface area contributed by atoms with Gasteiger partial charge in [0.1, 0.15) is 0 Å². The van der Waals surface area contributed by atoms with Gasteiger partial charge in [-0.15, -0.1) is 0 Å². The lowest BCUT2D eigenvalue weighted by molar-refractivity contribution is -0.147. The van der Waals surface area contributed by atoms with E-state index in [4.69, 9.17) is 4.74 Å². The standard InChI is InChI=1S/C24H36O5/c1-5-24(4,28)19-12-8-11-16-21(25)14-9-6-7-10-15-22(26)17-13-18-23(27)29-20(2)3/h6-7,9-10,12,14-15,19-22,25-26,28H,5,13,16-18H2,1-4H3/b7-6+,14-9+,15-10-,19-12+/t21?,22?,24-/m1/s1. The minimum atomic E-state index is -0.849. The highest BCUT2D eigenvalue weighted by Gasteiger charge is 2.11. The predicted octanol–water partition coefficient (Wildman–Crippen LogP) is 3.61. The second-order valence-corrected chi connectivity index (χ2v) is 7.29. The van der Waals surface area contributed by atoms with E-state index in [1.54, 1.807) is 69.4 Å². The third-order valence-corrected chi connectivity index (χ3v) is 3.90. The fraction of sp³-hybridized carbons (Fsp3) is 0.542. The SMILES string of the molecule is CC[C@@](C)(O)/C=C/C#CCC(O)/C=C/C=C/C=C\C(O)CCCC(=O)OC(C)C. The largest absolute Gasteiger partial charge is 0.463 e. The number of ether oxygens (including phenoxy) is 1. The van der Waals surface area contributed by atoms with E-state index in [2.05, 4.69) is 11.8 Å². The van der Waals surface area contributed by atoms with Crippen LogP contribution in [0.4, 0.5) is 0 Å². The molecule has 162 valence electrons. The molecule has 29 heavy (non-hydrogen) atoms. The van der Waals surface area contributed by atoms with Crippen molar-refractivity contribution in [3.8, 4) is 11.8 Å². The van der Waals surface area contributed by atoms with Crippen molar-refractivity contribution in [3.63, 3.8) is 0 Å². The van der Waals surface area contributed by atoms with Crippen molar-refractivity contribution in [2.24, 2.45) is 0 Å². The van der Waals surface area contributed by atoms with Crippen molar-refractivity contribution in [1.29, 1.82) is 0 Å². The zero-order valence-corrected chi connectivity index (χ0v) is 18.0. The summed E-state index contributed by atoms with van der Waals surface area (Å²) in [6.07, 6.45) is 14.3. The van der Waals surface area contributed by atoms with Crippen LogP contribution < -0.4 is 0 Å². The summed E-state index contributed by atoms with van der Waals surface area (Å²) >= 11 is 0. The van der Waals surface area contributed by atoms with Crippen molar-refractivity contribution in [1.82, 2.24) is 0 Å². The Morgan fingerprint density at radius 1 is 1.10 bits per heavy atom. The maximum Gasteiger partial charge on any atom is 0.306 e. The van der Waals surface area contributed by atoms with Crippen LogP contribution in [0.25, 0.3) is 0 Å². The quantitative estimate of drug-likeness (QED) is 0.263. The number of carbonyl (C=O) groups is 1. The van der Waals surface area contributed by atoms with Gasteiger partial charge < -0.3 is 20.1 Å². The van der Waals surface area contributed by atoms with E-state index < -0.39 is 17.8 Å². The van der Waals surface area contributed by atoms with E-state index in [0.29, 0.717) is 32.1 Å². The molecule has 0 bridgehead atoms. The summed E-state index contributed by atoms with van der Waals surface area (Å²) in [5.41, 5.74) is -0.849. The lowest BCUT2D eigenvalue weighted by Gasteiger charge is -2.14. The molecule has 0 aliphatic heterocycles. The van der Waals surface area contributed by atoms with Crippen LogP contribution >= 0.6 is 0 Å². The zero-order valence-electron chi connectivity index (χ0n) is 18.0. The molecule has 0 spiro atoms. The van der Waals surface area contributed by atoms with Gasteiger partial charge in [0.05, 0.1) is 23.9 Å². The summed E-state index contributed by atoms with van der Waals surface area (Å²) in [6.45, 7) is 7.22. The summed E-state index contributed by atoms with van der Waals surface area (Å²) in [7, 11) is 0. The van der Waals surface area contributed by atoms with Gasteiger partial charge in [0.25, 0.3) is 0 Å². The van der Waals surface area contributed by atoms with Gasteiger partial charge in [0, 0.05) is 12.8 Å². The number of aliphatic hydroxyl groups is 3. The number of rotatable bonds is 12. The molecule has 3 N–H and O–H groups in total. The van der Waals surface area contributed by atoms with Crippen LogP contribution in [-0.4, -0.2) is 45.2 Å². The Labute approximate surface area is 175 Å². The molecular formula is C24H36O5. The van der Waals surface area contributed by atoms with Gasteiger partial charge in [-0.2, -0.15) is 0 Å². The van der Waals surface area contributed by atoms with Crippen LogP contribution in [0.2, 0.25) is 0 Å². The van der Waals surface area contributed by atoms with Crippen LogP contribution in [0.15, 0.2) is 48.6 Å². The van der Waals surface area contributed by atoms with Crippen molar-refractivity contribution < 1.29 is 24.9 Å². The molecule has 0 aliphatic carbocycles. The highest BCUT2D eigenvalue weighted by atomic mass is 16.5. The van der Waals surface area contributed by atoms with Crippen molar-refractivity contribution in [2.45, 2.75) is 83.7 Å². The van der Waals surface area contributed by atoms with E-state index >= 15 is 0 Å². The summed E-state index contributed by atoms with van der Waals surface area (Å²) in [6, 6.07) is 0. The summed E-state index contributed by atoms with van der Waals surface area (Å²) in [4.78, 5) is 11.4. The molecule has 2 unspecified atom stereocenters. The Balaban J connectivity index is 4.07. The molecule has 5 nitrogen and oxygen atoms in total. The number of hydrogen-bond acceptors (Lipinski definition) is 5. The molecule has 0 radical (unpaired) electrons. The molecule has 3 atom stereocenters. The normalized spacial score (nSPS) is 16.4. The topological polar surface area (TPSA) is 87.0 Å². The minimum Gasteiger partial charge on any atom is -0.463 e. The van der Waals surface area contributed by atoms with Crippen LogP contribution in [0.5, 0.6) is 0 Å². The van der Waals surface area contributed by atoms with E-state index in [-0.39, 0.29) is 12.1 Å². The molecule has 0 aliphatic rings. The Bertz CT molecular complexity index is 629. The smallest absolute Gasteiger partial charge is 0.306 e. The van der Waals surface area contributed by atoms with Gasteiger partial charge in [0.15, 0.2) is 0 Å². The average molecular weight is 405 g/mol. The number of aliphatic hydroxyl groups excluding tert-OH is 2. The van der Waals surface area contributed by atoms with E-state index in [1.165, 1.54) is 0 Å². The summed E-state index contributed by atoms with van der Waals surface area (Å²) in [5, 5.41) is 29.4. The molecule has 5 heteroatoms. The second-order valence-electron chi connectivity index (χ2n) is 7.29. The van der Waals surface area contributed by atoms with Crippen LogP contribution in [-0.2, 0) is 9.53 Å². The maximum absolute atomic E-state index is 11.4. The molecule has 0 fully saturated rings. The molecule has 0 aromatic heterocycles. The van der Waals surface area contributed by atoms with Crippen molar-refractivity contribution in [2.75, 3.05) is 0 Å². The molecule has 0 heterocycles. The van der Waals surface area contributed by atoms with Crippen molar-refractivity contribution in [3.05, 3.63) is 48.6 Å². The molecule has 0 aromatic carbocycles. The molecule has 0 amide bonds. The van der Waals surface area contributed by atoms with E-state index in [9.17, 15) is 20.1 Å². The van der Waals surface area contributed by atoms with Gasteiger partial charge in [-0.3, -0.25) is 4.79 Å². The zero-order chi connectivity index (χ0) is 22.1. The monoisotopic (exact) mass is 404 g/mol. The molecular weight excluding hydrogens is 368 g/mol. The summed E-state index contributed by atoms with van der Waals surface area (Å²) < 4.78 is 5.03. The highest BCUT2D eigenvalue weighted by molar-refractivity contribution is 5.69. The highest BCUT2D eigenvalue weighted by Crippen LogP contribution is 2.09.